The van der Waals surface area contributed by atoms with Crippen molar-refractivity contribution in [3.8, 4) is 0 Å². The fourth-order valence-electron chi connectivity index (χ4n) is 2.18. The zero-order chi connectivity index (χ0) is 12.6. The normalized spacial score (nSPS) is 24.2. The van der Waals surface area contributed by atoms with Crippen LogP contribution in [-0.4, -0.2) is 11.2 Å². The van der Waals surface area contributed by atoms with Crippen molar-refractivity contribution in [1.82, 2.24) is 0 Å². The van der Waals surface area contributed by atoms with Gasteiger partial charge in [-0.1, -0.05) is 39.0 Å². The minimum Gasteiger partial charge on any atom is -0.294 e. The lowest BCUT2D eigenvalue weighted by Gasteiger charge is -2.32. The third kappa shape index (κ3) is 2.55. The highest BCUT2D eigenvalue weighted by Crippen LogP contribution is 2.41. The first-order chi connectivity index (χ1) is 7.89. The van der Waals surface area contributed by atoms with Crippen LogP contribution in [0.2, 0.25) is 0 Å². The van der Waals surface area contributed by atoms with Gasteiger partial charge in [-0.2, -0.15) is 0 Å². The predicted octanol–water partition coefficient (Wildman–Crippen LogP) is 4.40. The number of Topliss-reactive ketones (excluding diaryl/α,β-unsaturated/α-hetero) is 1. The lowest BCUT2D eigenvalue weighted by atomic mass is 9.78. The summed E-state index contributed by atoms with van der Waals surface area (Å²) >= 11 is 6.19. The minimum atomic E-state index is -0.321. The molecule has 1 fully saturated rings. The van der Waals surface area contributed by atoms with Gasteiger partial charge in [0.25, 0.3) is 0 Å². The molecule has 1 aromatic carbocycles. The molecule has 2 heteroatoms. The molecule has 0 bridgehead atoms. The second kappa shape index (κ2) is 4.45. The van der Waals surface area contributed by atoms with Crippen LogP contribution in [0.15, 0.2) is 24.3 Å². The Bertz CT molecular complexity index is 431. The second-order valence-electron chi connectivity index (χ2n) is 5.90. The molecule has 0 spiro atoms. The monoisotopic (exact) mass is 250 g/mol. The molecule has 0 aromatic heterocycles. The topological polar surface area (TPSA) is 17.1 Å². The van der Waals surface area contributed by atoms with Crippen molar-refractivity contribution in [1.29, 1.82) is 0 Å². The zero-order valence-electron chi connectivity index (χ0n) is 10.7. The molecule has 17 heavy (non-hydrogen) atoms. The van der Waals surface area contributed by atoms with E-state index in [9.17, 15) is 4.79 Å². The molecule has 0 amide bonds. The molecule has 2 rings (SSSR count). The largest absolute Gasteiger partial charge is 0.294 e. The van der Waals surface area contributed by atoms with Gasteiger partial charge in [0.15, 0.2) is 5.78 Å². The maximum absolute atomic E-state index is 12.2. The molecule has 2 unspecified atom stereocenters. The van der Waals surface area contributed by atoms with Crippen LogP contribution in [0, 0.1) is 5.41 Å². The van der Waals surface area contributed by atoms with E-state index < -0.39 is 0 Å². The second-order valence-corrected chi connectivity index (χ2v) is 6.47. The van der Waals surface area contributed by atoms with Crippen molar-refractivity contribution in [2.24, 2.45) is 5.41 Å². The van der Waals surface area contributed by atoms with Crippen molar-refractivity contribution < 1.29 is 4.79 Å². The average Bonchev–Trinajstić information content (AvgIpc) is 2.25. The third-order valence-electron chi connectivity index (χ3n) is 3.45. The molecule has 1 aliphatic carbocycles. The fourth-order valence-corrected chi connectivity index (χ4v) is 2.58. The maximum atomic E-state index is 12.2. The summed E-state index contributed by atoms with van der Waals surface area (Å²) in [5.41, 5.74) is 1.70. The Labute approximate surface area is 108 Å². The Morgan fingerprint density at radius 1 is 1.29 bits per heavy atom. The number of benzene rings is 1. The highest BCUT2D eigenvalue weighted by atomic mass is 35.5. The van der Waals surface area contributed by atoms with Crippen LogP contribution in [0.4, 0.5) is 0 Å². The molecule has 92 valence electrons. The number of ketones is 1. The van der Waals surface area contributed by atoms with E-state index in [2.05, 4.69) is 6.07 Å². The lowest BCUT2D eigenvalue weighted by molar-refractivity contribution is 0.0858. The SMILES string of the molecule is CC(C)(C)C(=O)c1cccc(C2CCC2Cl)c1. The minimum absolute atomic E-state index is 0.199. The molecule has 1 aliphatic rings. The van der Waals surface area contributed by atoms with Crippen LogP contribution in [-0.2, 0) is 0 Å². The summed E-state index contributed by atoms with van der Waals surface area (Å²) in [7, 11) is 0. The standard InChI is InChI=1S/C15H19ClO/c1-15(2,3)14(17)11-6-4-5-10(9-11)12-7-8-13(12)16/h4-6,9,12-13H,7-8H2,1-3H3. The molecular formula is C15H19ClO. The number of halogens is 1. The highest BCUT2D eigenvalue weighted by molar-refractivity contribution is 6.21. The quantitative estimate of drug-likeness (QED) is 0.562. The van der Waals surface area contributed by atoms with E-state index in [0.29, 0.717) is 5.92 Å². The van der Waals surface area contributed by atoms with Gasteiger partial charge in [-0.05, 0) is 24.5 Å². The first-order valence-corrected chi connectivity index (χ1v) is 6.62. The average molecular weight is 251 g/mol. The summed E-state index contributed by atoms with van der Waals surface area (Å²) in [4.78, 5) is 12.2. The number of alkyl halides is 1. The Kier molecular flexibility index (Phi) is 3.31. The van der Waals surface area contributed by atoms with Crippen LogP contribution in [0.5, 0.6) is 0 Å². The fraction of sp³-hybridized carbons (Fsp3) is 0.533. The zero-order valence-corrected chi connectivity index (χ0v) is 11.4. The Morgan fingerprint density at radius 3 is 2.47 bits per heavy atom. The molecule has 1 nitrogen and oxygen atoms in total. The van der Waals surface area contributed by atoms with Crippen molar-refractivity contribution in [2.75, 3.05) is 0 Å². The van der Waals surface area contributed by atoms with Crippen molar-refractivity contribution in [2.45, 2.75) is 44.9 Å². The Hall–Kier alpha value is -0.820. The molecule has 0 saturated heterocycles. The molecule has 1 aromatic rings. The number of carbonyl (C=O) groups excluding carboxylic acids is 1. The van der Waals surface area contributed by atoms with E-state index in [1.165, 1.54) is 5.56 Å². The molecule has 0 N–H and O–H groups in total. The van der Waals surface area contributed by atoms with Crippen LogP contribution in [0.25, 0.3) is 0 Å². The van der Waals surface area contributed by atoms with Gasteiger partial charge in [0.1, 0.15) is 0 Å². The molecular weight excluding hydrogens is 232 g/mol. The van der Waals surface area contributed by atoms with Gasteiger partial charge in [0.05, 0.1) is 0 Å². The molecule has 1 saturated carbocycles. The van der Waals surface area contributed by atoms with Gasteiger partial charge in [-0.15, -0.1) is 11.6 Å². The van der Waals surface area contributed by atoms with Gasteiger partial charge in [-0.3, -0.25) is 4.79 Å². The van der Waals surface area contributed by atoms with E-state index in [1.54, 1.807) is 0 Å². The smallest absolute Gasteiger partial charge is 0.168 e. The van der Waals surface area contributed by atoms with E-state index in [4.69, 9.17) is 11.6 Å². The Morgan fingerprint density at radius 2 is 2.00 bits per heavy atom. The van der Waals surface area contributed by atoms with E-state index in [-0.39, 0.29) is 16.6 Å². The summed E-state index contributed by atoms with van der Waals surface area (Å²) in [5, 5.41) is 0.245. The van der Waals surface area contributed by atoms with Gasteiger partial charge < -0.3 is 0 Å². The molecule has 0 radical (unpaired) electrons. The molecule has 2 atom stereocenters. The summed E-state index contributed by atoms with van der Waals surface area (Å²) in [6.07, 6.45) is 2.23. The molecule has 0 aliphatic heterocycles. The lowest BCUT2D eigenvalue weighted by Crippen LogP contribution is -2.25. The van der Waals surface area contributed by atoms with Gasteiger partial charge in [0, 0.05) is 22.3 Å². The third-order valence-corrected chi connectivity index (χ3v) is 3.97. The first kappa shape index (κ1) is 12.6. The van der Waals surface area contributed by atoms with Gasteiger partial charge in [0.2, 0.25) is 0 Å². The van der Waals surface area contributed by atoms with Gasteiger partial charge >= 0.3 is 0 Å². The maximum Gasteiger partial charge on any atom is 0.168 e. The Balaban J connectivity index is 2.26. The highest BCUT2D eigenvalue weighted by Gasteiger charge is 2.31. The van der Waals surface area contributed by atoms with Crippen molar-refractivity contribution in [3.63, 3.8) is 0 Å². The van der Waals surface area contributed by atoms with Crippen LogP contribution < -0.4 is 0 Å². The number of hydrogen-bond donors (Lipinski definition) is 0. The van der Waals surface area contributed by atoms with Crippen LogP contribution >= 0.6 is 11.6 Å². The molecule has 0 heterocycles. The van der Waals surface area contributed by atoms with E-state index in [0.717, 1.165) is 18.4 Å². The predicted molar refractivity (Wildman–Crippen MR) is 71.8 cm³/mol. The van der Waals surface area contributed by atoms with Gasteiger partial charge in [-0.25, -0.2) is 0 Å². The summed E-state index contributed by atoms with van der Waals surface area (Å²) in [6, 6.07) is 7.97. The number of rotatable bonds is 2. The van der Waals surface area contributed by atoms with Crippen LogP contribution in [0.1, 0.15) is 55.5 Å². The first-order valence-electron chi connectivity index (χ1n) is 6.18. The van der Waals surface area contributed by atoms with Crippen molar-refractivity contribution >= 4 is 17.4 Å². The van der Waals surface area contributed by atoms with Crippen LogP contribution in [0.3, 0.4) is 0 Å². The van der Waals surface area contributed by atoms with E-state index >= 15 is 0 Å². The summed E-state index contributed by atoms with van der Waals surface area (Å²) < 4.78 is 0. The number of hydrogen-bond acceptors (Lipinski definition) is 1. The van der Waals surface area contributed by atoms with E-state index in [1.807, 2.05) is 39.0 Å². The number of carbonyl (C=O) groups is 1. The summed E-state index contributed by atoms with van der Waals surface area (Å²) in [6.45, 7) is 5.86. The summed E-state index contributed by atoms with van der Waals surface area (Å²) in [5.74, 6) is 0.634. The van der Waals surface area contributed by atoms with Crippen molar-refractivity contribution in [3.05, 3.63) is 35.4 Å².